The molecule has 2 aromatic rings. The Labute approximate surface area is 159 Å². The van der Waals surface area contributed by atoms with Crippen molar-refractivity contribution in [3.8, 4) is 5.75 Å². The summed E-state index contributed by atoms with van der Waals surface area (Å²) < 4.78 is 33.2. The van der Waals surface area contributed by atoms with Gasteiger partial charge in [0.25, 0.3) is 11.8 Å². The average Bonchev–Trinajstić information content (AvgIpc) is 2.67. The van der Waals surface area contributed by atoms with E-state index < -0.39 is 37.0 Å². The normalized spacial score (nSPS) is 11.4. The number of hydrogen-bond acceptors (Lipinski definition) is 5. The van der Waals surface area contributed by atoms with Crippen LogP contribution >= 0.6 is 0 Å². The van der Waals surface area contributed by atoms with Gasteiger partial charge in [-0.05, 0) is 43.3 Å². The van der Waals surface area contributed by atoms with Crippen LogP contribution in [-0.4, -0.2) is 37.0 Å². The Balaban J connectivity index is 1.76. The molecule has 28 heavy (non-hydrogen) atoms. The second-order valence-electron chi connectivity index (χ2n) is 5.62. The summed E-state index contributed by atoms with van der Waals surface area (Å²) in [5.74, 6) is -1.90. The van der Waals surface area contributed by atoms with Gasteiger partial charge in [-0.15, -0.1) is 0 Å². The fraction of sp³-hybridized carbons (Fsp3) is 0.211. The van der Waals surface area contributed by atoms with Gasteiger partial charge in [0.15, 0.2) is 6.61 Å². The summed E-state index contributed by atoms with van der Waals surface area (Å²) in [5, 5.41) is 4.91. The zero-order valence-corrected chi connectivity index (χ0v) is 14.9. The number of esters is 1. The Morgan fingerprint density at radius 1 is 1.00 bits per heavy atom. The van der Waals surface area contributed by atoms with Crippen LogP contribution < -0.4 is 15.4 Å². The van der Waals surface area contributed by atoms with Crippen molar-refractivity contribution in [2.45, 2.75) is 19.6 Å². The maximum Gasteiger partial charge on any atom is 0.387 e. The van der Waals surface area contributed by atoms with E-state index in [2.05, 4.69) is 15.4 Å². The van der Waals surface area contributed by atoms with Gasteiger partial charge in [-0.2, -0.15) is 8.78 Å². The number of rotatable bonds is 8. The molecule has 0 aromatic heterocycles. The molecule has 148 valence electrons. The van der Waals surface area contributed by atoms with Crippen LogP contribution in [-0.2, 0) is 14.3 Å². The molecule has 0 fully saturated rings. The highest BCUT2D eigenvalue weighted by atomic mass is 19.3. The maximum absolute atomic E-state index is 12.1. The summed E-state index contributed by atoms with van der Waals surface area (Å²) in [4.78, 5) is 35.7. The van der Waals surface area contributed by atoms with Crippen LogP contribution in [0.5, 0.6) is 5.75 Å². The van der Waals surface area contributed by atoms with Crippen molar-refractivity contribution >= 4 is 23.5 Å². The molecule has 7 nitrogen and oxygen atoms in total. The molecule has 0 aliphatic heterocycles. The number of amides is 2. The third kappa shape index (κ3) is 6.67. The van der Waals surface area contributed by atoms with Gasteiger partial charge in [0.1, 0.15) is 11.8 Å². The molecule has 2 rings (SSSR count). The second-order valence-corrected chi connectivity index (χ2v) is 5.62. The van der Waals surface area contributed by atoms with Crippen molar-refractivity contribution in [2.24, 2.45) is 0 Å². The maximum atomic E-state index is 12.1. The minimum Gasteiger partial charge on any atom is -0.454 e. The molecular weight excluding hydrogens is 374 g/mol. The minimum atomic E-state index is -2.94. The number of benzene rings is 2. The number of alkyl halides is 2. The minimum absolute atomic E-state index is 0.0533. The first kappa shape index (κ1) is 20.8. The lowest BCUT2D eigenvalue weighted by Crippen LogP contribution is -2.40. The van der Waals surface area contributed by atoms with Crippen LogP contribution in [0, 0.1) is 0 Å². The summed E-state index contributed by atoms with van der Waals surface area (Å²) in [6.45, 7) is -2.08. The Morgan fingerprint density at radius 2 is 1.64 bits per heavy atom. The van der Waals surface area contributed by atoms with Crippen molar-refractivity contribution < 1.29 is 32.6 Å². The first-order valence-electron chi connectivity index (χ1n) is 8.22. The predicted octanol–water partition coefficient (Wildman–Crippen LogP) is 2.59. The smallest absolute Gasteiger partial charge is 0.387 e. The van der Waals surface area contributed by atoms with Crippen LogP contribution in [0.4, 0.5) is 14.5 Å². The van der Waals surface area contributed by atoms with Crippen LogP contribution in [0.15, 0.2) is 54.6 Å². The zero-order chi connectivity index (χ0) is 20.5. The lowest BCUT2D eigenvalue weighted by atomic mass is 10.2. The van der Waals surface area contributed by atoms with Crippen molar-refractivity contribution in [3.05, 3.63) is 60.2 Å². The number of carbonyl (C=O) groups excluding carboxylic acids is 3. The second kappa shape index (κ2) is 10.0. The first-order valence-corrected chi connectivity index (χ1v) is 8.22. The summed E-state index contributed by atoms with van der Waals surface area (Å²) in [7, 11) is 0. The zero-order valence-electron chi connectivity index (χ0n) is 14.9. The van der Waals surface area contributed by atoms with E-state index in [0.717, 1.165) is 0 Å². The quantitative estimate of drug-likeness (QED) is 0.674. The lowest BCUT2D eigenvalue weighted by Gasteiger charge is -2.13. The van der Waals surface area contributed by atoms with Crippen LogP contribution in [0.3, 0.4) is 0 Å². The fourth-order valence-electron chi connectivity index (χ4n) is 2.11. The number of anilines is 1. The van der Waals surface area contributed by atoms with Gasteiger partial charge in [0.2, 0.25) is 0 Å². The number of ether oxygens (including phenoxy) is 2. The van der Waals surface area contributed by atoms with Gasteiger partial charge in [0, 0.05) is 11.3 Å². The average molecular weight is 392 g/mol. The highest BCUT2D eigenvalue weighted by Crippen LogP contribution is 2.17. The molecule has 0 unspecified atom stereocenters. The molecule has 2 amide bonds. The Bertz CT molecular complexity index is 813. The number of nitrogens with one attached hydrogen (secondary N) is 2. The van der Waals surface area contributed by atoms with E-state index in [-0.39, 0.29) is 5.75 Å². The van der Waals surface area contributed by atoms with Gasteiger partial charge in [-0.3, -0.25) is 9.59 Å². The first-order chi connectivity index (χ1) is 13.3. The Hall–Kier alpha value is -3.49. The van der Waals surface area contributed by atoms with Crippen LogP contribution in [0.25, 0.3) is 0 Å². The Kier molecular flexibility index (Phi) is 7.44. The largest absolute Gasteiger partial charge is 0.454 e. The Morgan fingerprint density at radius 3 is 2.25 bits per heavy atom. The third-order valence-corrected chi connectivity index (χ3v) is 3.45. The lowest BCUT2D eigenvalue weighted by molar-refractivity contribution is -0.148. The van der Waals surface area contributed by atoms with E-state index in [1.807, 2.05) is 0 Å². The van der Waals surface area contributed by atoms with Gasteiger partial charge < -0.3 is 20.1 Å². The van der Waals surface area contributed by atoms with Crippen molar-refractivity contribution in [3.63, 3.8) is 0 Å². The molecule has 0 radical (unpaired) electrons. The summed E-state index contributed by atoms with van der Waals surface area (Å²) >= 11 is 0. The van der Waals surface area contributed by atoms with E-state index >= 15 is 0 Å². The van der Waals surface area contributed by atoms with Crippen molar-refractivity contribution in [2.75, 3.05) is 11.9 Å². The van der Waals surface area contributed by atoms with E-state index in [1.165, 1.54) is 31.2 Å². The molecule has 2 N–H and O–H groups in total. The topological polar surface area (TPSA) is 93.7 Å². The van der Waals surface area contributed by atoms with E-state index in [4.69, 9.17) is 4.74 Å². The SMILES string of the molecule is C[C@H](NC(=O)c1ccccc1)C(=O)OCC(=O)Nc1ccc(OC(F)F)cc1. The van der Waals surface area contributed by atoms with Crippen LogP contribution in [0.2, 0.25) is 0 Å². The molecule has 0 aliphatic rings. The van der Waals surface area contributed by atoms with Gasteiger partial charge in [-0.1, -0.05) is 18.2 Å². The number of halogens is 2. The van der Waals surface area contributed by atoms with Gasteiger partial charge >= 0.3 is 12.6 Å². The van der Waals surface area contributed by atoms with E-state index in [9.17, 15) is 23.2 Å². The predicted molar refractivity (Wildman–Crippen MR) is 96.0 cm³/mol. The molecule has 0 bridgehead atoms. The molecule has 0 spiro atoms. The van der Waals surface area contributed by atoms with Gasteiger partial charge in [0.05, 0.1) is 0 Å². The van der Waals surface area contributed by atoms with Gasteiger partial charge in [-0.25, -0.2) is 4.79 Å². The standard InChI is InChI=1S/C19H18F2N2O5/c1-12(22-17(25)13-5-3-2-4-6-13)18(26)27-11-16(24)23-14-7-9-15(10-8-14)28-19(20)21/h2-10,12,19H,11H2,1H3,(H,22,25)(H,23,24)/t12-/m0/s1. The molecule has 1 atom stereocenters. The monoisotopic (exact) mass is 392 g/mol. The number of carbonyl (C=O) groups is 3. The third-order valence-electron chi connectivity index (χ3n) is 3.45. The molecular formula is C19H18F2N2O5. The molecule has 0 heterocycles. The van der Waals surface area contributed by atoms with E-state index in [0.29, 0.717) is 11.3 Å². The van der Waals surface area contributed by atoms with Crippen molar-refractivity contribution in [1.29, 1.82) is 0 Å². The highest BCUT2D eigenvalue weighted by molar-refractivity contribution is 5.97. The fourth-order valence-corrected chi connectivity index (χ4v) is 2.11. The molecule has 2 aromatic carbocycles. The molecule has 0 saturated heterocycles. The number of hydrogen-bond donors (Lipinski definition) is 2. The summed E-state index contributed by atoms with van der Waals surface area (Å²) in [5.41, 5.74) is 0.701. The molecule has 0 saturated carbocycles. The van der Waals surface area contributed by atoms with E-state index in [1.54, 1.807) is 30.3 Å². The molecule has 9 heteroatoms. The molecule has 0 aliphatic carbocycles. The summed E-state index contributed by atoms with van der Waals surface area (Å²) in [6.07, 6.45) is 0. The summed E-state index contributed by atoms with van der Waals surface area (Å²) in [6, 6.07) is 12.6. The van der Waals surface area contributed by atoms with Crippen molar-refractivity contribution in [1.82, 2.24) is 5.32 Å². The highest BCUT2D eigenvalue weighted by Gasteiger charge is 2.19. The van der Waals surface area contributed by atoms with Crippen LogP contribution in [0.1, 0.15) is 17.3 Å².